The van der Waals surface area contributed by atoms with E-state index >= 15 is 0 Å². The van der Waals surface area contributed by atoms with Gasteiger partial charge in [-0.3, -0.25) is 10.1 Å². The van der Waals surface area contributed by atoms with Gasteiger partial charge in [0.2, 0.25) is 5.75 Å². The fourth-order valence-electron chi connectivity index (χ4n) is 2.73. The molecule has 0 heterocycles. The molecule has 0 amide bonds. The quantitative estimate of drug-likeness (QED) is 0.638. The van der Waals surface area contributed by atoms with Crippen LogP contribution >= 0.6 is 0 Å². The van der Waals surface area contributed by atoms with Crippen molar-refractivity contribution in [1.29, 1.82) is 0 Å². The average Bonchev–Trinajstić information content (AvgIpc) is 2.91. The third kappa shape index (κ3) is 3.19. The monoisotopic (exact) mass is 280 g/mol. The van der Waals surface area contributed by atoms with E-state index in [1.165, 1.54) is 13.2 Å². The van der Waals surface area contributed by atoms with Gasteiger partial charge in [0.25, 0.3) is 0 Å². The summed E-state index contributed by atoms with van der Waals surface area (Å²) in [6.07, 6.45) is 3.33. The predicted octanol–water partition coefficient (Wildman–Crippen LogP) is 2.36. The first-order valence-electron chi connectivity index (χ1n) is 6.81. The molecule has 110 valence electrons. The van der Waals surface area contributed by atoms with Gasteiger partial charge in [0.1, 0.15) is 5.75 Å². The minimum absolute atomic E-state index is 0.0342. The summed E-state index contributed by atoms with van der Waals surface area (Å²) in [4.78, 5) is 10.6. The standard InChI is InChI=1S/C14H20N2O4/c1-19-12-5-6-13(16(17)18)14(7-12)20-9-11-4-2-3-10(11)8-15/h5-7,10-11H,2-4,8-9,15H2,1H3. The lowest BCUT2D eigenvalue weighted by molar-refractivity contribution is -0.385. The minimum atomic E-state index is -0.441. The lowest BCUT2D eigenvalue weighted by atomic mass is 9.97. The van der Waals surface area contributed by atoms with Gasteiger partial charge in [-0.1, -0.05) is 6.42 Å². The van der Waals surface area contributed by atoms with Crippen LogP contribution in [0.2, 0.25) is 0 Å². The molecule has 1 fully saturated rings. The van der Waals surface area contributed by atoms with Crippen molar-refractivity contribution in [2.75, 3.05) is 20.3 Å². The van der Waals surface area contributed by atoms with Gasteiger partial charge in [0.05, 0.1) is 18.6 Å². The predicted molar refractivity (Wildman–Crippen MR) is 75.0 cm³/mol. The summed E-state index contributed by atoms with van der Waals surface area (Å²) in [5.41, 5.74) is 5.70. The van der Waals surface area contributed by atoms with Crippen molar-refractivity contribution < 1.29 is 14.4 Å². The van der Waals surface area contributed by atoms with Crippen LogP contribution in [-0.2, 0) is 0 Å². The number of methoxy groups -OCH3 is 1. The Bertz CT molecular complexity index is 478. The number of benzene rings is 1. The summed E-state index contributed by atoms with van der Waals surface area (Å²) in [5.74, 6) is 1.65. The van der Waals surface area contributed by atoms with E-state index in [-0.39, 0.29) is 11.4 Å². The van der Waals surface area contributed by atoms with Gasteiger partial charge >= 0.3 is 5.69 Å². The second-order valence-electron chi connectivity index (χ2n) is 5.09. The number of hydrogen-bond donors (Lipinski definition) is 1. The topological polar surface area (TPSA) is 87.6 Å². The Balaban J connectivity index is 2.09. The highest BCUT2D eigenvalue weighted by molar-refractivity contribution is 5.50. The van der Waals surface area contributed by atoms with E-state index in [9.17, 15) is 10.1 Å². The van der Waals surface area contributed by atoms with E-state index in [1.54, 1.807) is 12.1 Å². The normalized spacial score (nSPS) is 21.7. The van der Waals surface area contributed by atoms with Crippen LogP contribution in [0.15, 0.2) is 18.2 Å². The second kappa shape index (κ2) is 6.56. The number of nitrogens with zero attached hydrogens (tertiary/aromatic N) is 1. The van der Waals surface area contributed by atoms with Crippen molar-refractivity contribution in [2.45, 2.75) is 19.3 Å². The van der Waals surface area contributed by atoms with E-state index in [0.717, 1.165) is 19.3 Å². The lowest BCUT2D eigenvalue weighted by Gasteiger charge is -2.18. The van der Waals surface area contributed by atoms with Gasteiger partial charge < -0.3 is 15.2 Å². The number of hydrogen-bond acceptors (Lipinski definition) is 5. The molecule has 1 aliphatic rings. The fourth-order valence-corrected chi connectivity index (χ4v) is 2.73. The molecule has 0 saturated heterocycles. The smallest absolute Gasteiger partial charge is 0.311 e. The Morgan fingerprint density at radius 1 is 1.40 bits per heavy atom. The van der Waals surface area contributed by atoms with E-state index in [4.69, 9.17) is 15.2 Å². The van der Waals surface area contributed by atoms with Crippen molar-refractivity contribution >= 4 is 5.69 Å². The first kappa shape index (κ1) is 14.6. The number of nitro groups is 1. The average molecular weight is 280 g/mol. The molecule has 6 nitrogen and oxygen atoms in total. The lowest BCUT2D eigenvalue weighted by Crippen LogP contribution is -2.23. The molecule has 2 N–H and O–H groups in total. The van der Waals surface area contributed by atoms with Crippen molar-refractivity contribution in [2.24, 2.45) is 17.6 Å². The first-order chi connectivity index (χ1) is 9.65. The molecule has 0 aromatic heterocycles. The summed E-state index contributed by atoms with van der Waals surface area (Å²) >= 11 is 0. The van der Waals surface area contributed by atoms with Crippen LogP contribution in [0.4, 0.5) is 5.69 Å². The number of rotatable bonds is 6. The molecule has 6 heteroatoms. The highest BCUT2D eigenvalue weighted by atomic mass is 16.6. The Kier molecular flexibility index (Phi) is 4.79. The van der Waals surface area contributed by atoms with Crippen molar-refractivity contribution in [3.63, 3.8) is 0 Å². The Morgan fingerprint density at radius 3 is 2.80 bits per heavy atom. The molecule has 2 rings (SSSR count). The highest BCUT2D eigenvalue weighted by Crippen LogP contribution is 2.35. The largest absolute Gasteiger partial charge is 0.497 e. The molecule has 2 unspecified atom stereocenters. The third-order valence-electron chi connectivity index (χ3n) is 3.94. The van der Waals surface area contributed by atoms with Gasteiger partial charge in [-0.15, -0.1) is 0 Å². The van der Waals surface area contributed by atoms with Crippen molar-refractivity contribution in [1.82, 2.24) is 0 Å². The molecule has 0 bridgehead atoms. The van der Waals surface area contributed by atoms with Crippen LogP contribution < -0.4 is 15.2 Å². The fraction of sp³-hybridized carbons (Fsp3) is 0.571. The van der Waals surface area contributed by atoms with Crippen LogP contribution in [0.25, 0.3) is 0 Å². The summed E-state index contributed by atoms with van der Waals surface area (Å²) in [6.45, 7) is 1.12. The molecule has 0 spiro atoms. The van der Waals surface area contributed by atoms with Crippen LogP contribution in [0.1, 0.15) is 19.3 Å². The number of nitrogens with two attached hydrogens (primary N) is 1. The summed E-state index contributed by atoms with van der Waals surface area (Å²) < 4.78 is 10.8. The first-order valence-corrected chi connectivity index (χ1v) is 6.81. The maximum Gasteiger partial charge on any atom is 0.311 e. The molecule has 1 aromatic rings. The van der Waals surface area contributed by atoms with Gasteiger partial charge in [-0.25, -0.2) is 0 Å². The van der Waals surface area contributed by atoms with E-state index in [2.05, 4.69) is 0 Å². The van der Waals surface area contributed by atoms with Crippen molar-refractivity contribution in [3.05, 3.63) is 28.3 Å². The van der Waals surface area contributed by atoms with Gasteiger partial charge in [-0.05, 0) is 37.3 Å². The SMILES string of the molecule is COc1ccc([N+](=O)[O-])c(OCC2CCCC2CN)c1. The third-order valence-corrected chi connectivity index (χ3v) is 3.94. The summed E-state index contributed by atoms with van der Waals surface area (Å²) in [5, 5.41) is 11.0. The Morgan fingerprint density at radius 2 is 2.15 bits per heavy atom. The maximum atomic E-state index is 11.0. The van der Waals surface area contributed by atoms with Crippen LogP contribution in [0.3, 0.4) is 0 Å². The zero-order valence-corrected chi connectivity index (χ0v) is 11.6. The zero-order chi connectivity index (χ0) is 14.5. The Labute approximate surface area is 118 Å². The molecular weight excluding hydrogens is 260 g/mol. The second-order valence-corrected chi connectivity index (χ2v) is 5.09. The van der Waals surface area contributed by atoms with Crippen LogP contribution in [-0.4, -0.2) is 25.2 Å². The number of ether oxygens (including phenoxy) is 2. The number of nitro benzene ring substituents is 1. The maximum absolute atomic E-state index is 11.0. The van der Waals surface area contributed by atoms with E-state index in [1.807, 2.05) is 0 Å². The van der Waals surface area contributed by atoms with Gasteiger partial charge in [0, 0.05) is 12.1 Å². The van der Waals surface area contributed by atoms with Crippen LogP contribution in [0, 0.1) is 22.0 Å². The Hall–Kier alpha value is -1.82. The molecular formula is C14H20N2O4. The van der Waals surface area contributed by atoms with E-state index < -0.39 is 4.92 Å². The molecule has 0 aliphatic heterocycles. The van der Waals surface area contributed by atoms with Gasteiger partial charge in [0.15, 0.2) is 0 Å². The molecule has 1 saturated carbocycles. The summed E-state index contributed by atoms with van der Waals surface area (Å²) in [7, 11) is 1.52. The molecule has 0 radical (unpaired) electrons. The molecule has 1 aliphatic carbocycles. The molecule has 1 aromatic carbocycles. The van der Waals surface area contributed by atoms with E-state index in [0.29, 0.717) is 30.7 Å². The summed E-state index contributed by atoms with van der Waals surface area (Å²) in [6, 6.07) is 4.52. The molecule has 2 atom stereocenters. The zero-order valence-electron chi connectivity index (χ0n) is 11.6. The van der Waals surface area contributed by atoms with Crippen molar-refractivity contribution in [3.8, 4) is 11.5 Å². The molecule has 20 heavy (non-hydrogen) atoms. The van der Waals surface area contributed by atoms with Gasteiger partial charge in [-0.2, -0.15) is 0 Å². The van der Waals surface area contributed by atoms with Crippen LogP contribution in [0.5, 0.6) is 11.5 Å². The minimum Gasteiger partial charge on any atom is -0.497 e. The highest BCUT2D eigenvalue weighted by Gasteiger charge is 2.27.